The fraction of sp³-hybridized carbons (Fsp3) is 0.500. The van der Waals surface area contributed by atoms with E-state index in [1.165, 1.54) is 12.7 Å². The van der Waals surface area contributed by atoms with Gasteiger partial charge in [0.15, 0.2) is 0 Å². The third-order valence-electron chi connectivity index (χ3n) is 2.67. The van der Waals surface area contributed by atoms with Crippen LogP contribution in [-0.4, -0.2) is 32.3 Å². The second-order valence-corrected chi connectivity index (χ2v) is 4.12. The summed E-state index contributed by atoms with van der Waals surface area (Å²) in [6.45, 7) is 1.17. The van der Waals surface area contributed by atoms with E-state index in [2.05, 4.69) is 16.9 Å². The van der Waals surface area contributed by atoms with Gasteiger partial charge in [-0.1, -0.05) is 30.3 Å². The summed E-state index contributed by atoms with van der Waals surface area (Å²) in [5.74, 6) is -0.386. The number of carbonyl (C=O) groups is 1. The Balaban J connectivity index is 2.01. The predicted octanol–water partition coefficient (Wildman–Crippen LogP) is 1.53. The lowest BCUT2D eigenvalue weighted by atomic mass is 10.1. The van der Waals surface area contributed by atoms with Gasteiger partial charge in [-0.2, -0.15) is 0 Å². The zero-order valence-corrected chi connectivity index (χ0v) is 10.8. The topological polar surface area (TPSA) is 61.5 Å². The summed E-state index contributed by atoms with van der Waals surface area (Å²) in [5.41, 5.74) is 6.89. The van der Waals surface area contributed by atoms with Gasteiger partial charge >= 0.3 is 5.97 Å². The van der Waals surface area contributed by atoms with Gasteiger partial charge < -0.3 is 15.2 Å². The monoisotopic (exact) mass is 251 g/mol. The van der Waals surface area contributed by atoms with Crippen molar-refractivity contribution in [1.29, 1.82) is 0 Å². The van der Waals surface area contributed by atoms with Crippen LogP contribution in [0.2, 0.25) is 0 Å². The van der Waals surface area contributed by atoms with Crippen molar-refractivity contribution in [2.45, 2.75) is 25.3 Å². The van der Waals surface area contributed by atoms with Crippen LogP contribution in [0.3, 0.4) is 0 Å². The average molecular weight is 251 g/mol. The Labute approximate surface area is 108 Å². The van der Waals surface area contributed by atoms with Gasteiger partial charge in [-0.05, 0) is 24.8 Å². The molecular formula is C14H21NO3. The van der Waals surface area contributed by atoms with Gasteiger partial charge in [0, 0.05) is 13.2 Å². The summed E-state index contributed by atoms with van der Waals surface area (Å²) < 4.78 is 9.96. The SMILES string of the molecule is COC(=O)C(N)CCOCCCc1ccccc1. The summed E-state index contributed by atoms with van der Waals surface area (Å²) in [4.78, 5) is 11.0. The number of hydrogen-bond acceptors (Lipinski definition) is 4. The highest BCUT2D eigenvalue weighted by molar-refractivity contribution is 5.75. The van der Waals surface area contributed by atoms with Gasteiger partial charge in [-0.3, -0.25) is 4.79 Å². The molecule has 4 nitrogen and oxygen atoms in total. The Kier molecular flexibility index (Phi) is 7.06. The molecule has 0 aromatic heterocycles. The number of nitrogens with two attached hydrogens (primary N) is 1. The highest BCUT2D eigenvalue weighted by atomic mass is 16.5. The molecule has 4 heteroatoms. The van der Waals surface area contributed by atoms with Gasteiger partial charge in [0.25, 0.3) is 0 Å². The van der Waals surface area contributed by atoms with E-state index in [1.54, 1.807) is 0 Å². The van der Waals surface area contributed by atoms with E-state index in [4.69, 9.17) is 10.5 Å². The Morgan fingerprint density at radius 1 is 1.28 bits per heavy atom. The van der Waals surface area contributed by atoms with Crippen molar-refractivity contribution >= 4 is 5.97 Å². The number of esters is 1. The molecule has 1 unspecified atom stereocenters. The molecule has 100 valence electrons. The molecule has 0 aliphatic heterocycles. The van der Waals surface area contributed by atoms with Gasteiger partial charge in [0.2, 0.25) is 0 Å². The summed E-state index contributed by atoms with van der Waals surface area (Å²) in [5, 5.41) is 0. The van der Waals surface area contributed by atoms with Crippen molar-refractivity contribution in [3.05, 3.63) is 35.9 Å². The molecule has 0 fully saturated rings. The van der Waals surface area contributed by atoms with E-state index in [-0.39, 0.29) is 5.97 Å². The molecule has 1 aromatic rings. The van der Waals surface area contributed by atoms with Crippen molar-refractivity contribution in [2.75, 3.05) is 20.3 Å². The van der Waals surface area contributed by atoms with E-state index in [9.17, 15) is 4.79 Å². The van der Waals surface area contributed by atoms with Crippen LogP contribution in [0.1, 0.15) is 18.4 Å². The summed E-state index contributed by atoms with van der Waals surface area (Å²) in [6, 6.07) is 9.70. The van der Waals surface area contributed by atoms with Gasteiger partial charge in [-0.15, -0.1) is 0 Å². The largest absolute Gasteiger partial charge is 0.468 e. The maximum absolute atomic E-state index is 11.0. The number of aryl methyl sites for hydroxylation is 1. The Hall–Kier alpha value is -1.39. The number of rotatable bonds is 8. The van der Waals surface area contributed by atoms with Crippen molar-refractivity contribution in [2.24, 2.45) is 5.73 Å². The second-order valence-electron chi connectivity index (χ2n) is 4.12. The number of hydrogen-bond donors (Lipinski definition) is 1. The van der Waals surface area contributed by atoms with Gasteiger partial charge in [-0.25, -0.2) is 0 Å². The first-order valence-corrected chi connectivity index (χ1v) is 6.19. The van der Waals surface area contributed by atoms with Crippen LogP contribution in [0.5, 0.6) is 0 Å². The smallest absolute Gasteiger partial charge is 0.322 e. The summed E-state index contributed by atoms with van der Waals surface area (Å²) in [7, 11) is 1.34. The quantitative estimate of drug-likeness (QED) is 0.562. The second kappa shape index (κ2) is 8.66. The Morgan fingerprint density at radius 3 is 2.67 bits per heavy atom. The molecule has 0 saturated heterocycles. The molecule has 1 aromatic carbocycles. The maximum Gasteiger partial charge on any atom is 0.322 e. The zero-order valence-electron chi connectivity index (χ0n) is 10.8. The van der Waals surface area contributed by atoms with Gasteiger partial charge in [0.1, 0.15) is 6.04 Å². The van der Waals surface area contributed by atoms with Gasteiger partial charge in [0.05, 0.1) is 7.11 Å². The van der Waals surface area contributed by atoms with E-state index in [1.807, 2.05) is 18.2 Å². The zero-order chi connectivity index (χ0) is 13.2. The first kappa shape index (κ1) is 14.7. The minimum absolute atomic E-state index is 0.386. The van der Waals surface area contributed by atoms with E-state index < -0.39 is 6.04 Å². The molecule has 0 bridgehead atoms. The molecular weight excluding hydrogens is 230 g/mol. The predicted molar refractivity (Wildman–Crippen MR) is 70.2 cm³/mol. The van der Waals surface area contributed by atoms with Crippen LogP contribution in [-0.2, 0) is 20.7 Å². The molecule has 2 N–H and O–H groups in total. The molecule has 0 aliphatic carbocycles. The summed E-state index contributed by atoms with van der Waals surface area (Å²) >= 11 is 0. The number of ether oxygens (including phenoxy) is 2. The van der Waals surface area contributed by atoms with Crippen molar-refractivity contribution in [3.8, 4) is 0 Å². The highest BCUT2D eigenvalue weighted by Gasteiger charge is 2.12. The van der Waals surface area contributed by atoms with Crippen LogP contribution in [0.15, 0.2) is 30.3 Å². The van der Waals surface area contributed by atoms with Crippen LogP contribution in [0.4, 0.5) is 0 Å². The third kappa shape index (κ3) is 5.80. The van der Waals surface area contributed by atoms with Crippen LogP contribution < -0.4 is 5.73 Å². The Bertz CT molecular complexity index is 340. The lowest BCUT2D eigenvalue weighted by Gasteiger charge is -2.09. The minimum atomic E-state index is -0.580. The molecule has 1 atom stereocenters. The van der Waals surface area contributed by atoms with Crippen LogP contribution in [0.25, 0.3) is 0 Å². The Morgan fingerprint density at radius 2 is 2.00 bits per heavy atom. The van der Waals surface area contributed by atoms with Crippen LogP contribution in [0, 0.1) is 0 Å². The first-order chi connectivity index (χ1) is 8.74. The van der Waals surface area contributed by atoms with E-state index in [0.717, 1.165) is 12.8 Å². The molecule has 0 aliphatic rings. The lowest BCUT2D eigenvalue weighted by molar-refractivity contribution is -0.142. The molecule has 0 amide bonds. The number of methoxy groups -OCH3 is 1. The molecule has 0 saturated carbocycles. The summed E-state index contributed by atoms with van der Waals surface area (Å²) in [6.07, 6.45) is 2.47. The minimum Gasteiger partial charge on any atom is -0.468 e. The fourth-order valence-corrected chi connectivity index (χ4v) is 1.60. The number of benzene rings is 1. The van der Waals surface area contributed by atoms with E-state index >= 15 is 0 Å². The molecule has 0 heterocycles. The fourth-order valence-electron chi connectivity index (χ4n) is 1.60. The van der Waals surface area contributed by atoms with Crippen molar-refractivity contribution in [3.63, 3.8) is 0 Å². The first-order valence-electron chi connectivity index (χ1n) is 6.19. The van der Waals surface area contributed by atoms with E-state index in [0.29, 0.717) is 19.6 Å². The van der Waals surface area contributed by atoms with Crippen molar-refractivity contribution < 1.29 is 14.3 Å². The number of carbonyl (C=O) groups excluding carboxylic acids is 1. The molecule has 0 spiro atoms. The lowest BCUT2D eigenvalue weighted by Crippen LogP contribution is -2.32. The molecule has 18 heavy (non-hydrogen) atoms. The van der Waals surface area contributed by atoms with Crippen LogP contribution >= 0.6 is 0 Å². The standard InChI is InChI=1S/C14H21NO3/c1-17-14(16)13(15)9-11-18-10-5-8-12-6-3-2-4-7-12/h2-4,6-7,13H,5,8-11,15H2,1H3. The normalized spacial score (nSPS) is 12.1. The third-order valence-corrected chi connectivity index (χ3v) is 2.67. The average Bonchev–Trinajstić information content (AvgIpc) is 2.42. The molecule has 0 radical (unpaired) electrons. The highest BCUT2D eigenvalue weighted by Crippen LogP contribution is 2.02. The molecule has 1 rings (SSSR count). The maximum atomic E-state index is 11.0. The van der Waals surface area contributed by atoms with Crippen molar-refractivity contribution in [1.82, 2.24) is 0 Å².